The summed E-state index contributed by atoms with van der Waals surface area (Å²) in [5.41, 5.74) is 1.95. The van der Waals surface area contributed by atoms with Crippen molar-refractivity contribution in [3.05, 3.63) is 70.3 Å². The van der Waals surface area contributed by atoms with Crippen LogP contribution in [0.25, 0.3) is 10.8 Å². The van der Waals surface area contributed by atoms with E-state index in [-0.39, 0.29) is 5.91 Å². The zero-order valence-corrected chi connectivity index (χ0v) is 13.7. The van der Waals surface area contributed by atoms with Crippen LogP contribution in [0.15, 0.2) is 59.2 Å². The zero-order chi connectivity index (χ0) is 15.5. The molecule has 0 aliphatic rings. The number of nitrogens with one attached hydrogen (secondary N) is 1. The predicted molar refractivity (Wildman–Crippen MR) is 93.0 cm³/mol. The van der Waals surface area contributed by atoms with Gasteiger partial charge in [0.2, 0.25) is 5.91 Å². The van der Waals surface area contributed by atoms with E-state index in [0.29, 0.717) is 12.2 Å². The monoisotopic (exact) mass is 354 g/mol. The van der Waals surface area contributed by atoms with Crippen molar-refractivity contribution in [2.75, 3.05) is 5.32 Å². The molecular weight excluding hydrogens is 340 g/mol. The Morgan fingerprint density at radius 3 is 2.77 bits per heavy atom. The van der Waals surface area contributed by atoms with Crippen molar-refractivity contribution >= 4 is 38.4 Å². The molecule has 3 nitrogen and oxygen atoms in total. The van der Waals surface area contributed by atoms with Gasteiger partial charge in [-0.05, 0) is 50.8 Å². The van der Waals surface area contributed by atoms with E-state index in [2.05, 4.69) is 38.4 Å². The van der Waals surface area contributed by atoms with Gasteiger partial charge in [-0.1, -0.05) is 42.5 Å². The third-order valence-corrected chi connectivity index (χ3v) is 3.97. The Bertz CT molecular complexity index is 840. The number of amides is 1. The van der Waals surface area contributed by atoms with Crippen LogP contribution in [0.4, 0.5) is 5.82 Å². The van der Waals surface area contributed by atoms with Gasteiger partial charge in [0.15, 0.2) is 0 Å². The molecule has 0 atom stereocenters. The van der Waals surface area contributed by atoms with Gasteiger partial charge in [0.1, 0.15) is 5.82 Å². The van der Waals surface area contributed by atoms with E-state index in [0.717, 1.165) is 26.4 Å². The lowest BCUT2D eigenvalue weighted by molar-refractivity contribution is -0.115. The second-order valence-electron chi connectivity index (χ2n) is 5.18. The van der Waals surface area contributed by atoms with Gasteiger partial charge in [-0.15, -0.1) is 0 Å². The Morgan fingerprint density at radius 1 is 1.18 bits per heavy atom. The maximum absolute atomic E-state index is 12.3. The fourth-order valence-electron chi connectivity index (χ4n) is 2.47. The second-order valence-corrected chi connectivity index (χ2v) is 6.10. The minimum atomic E-state index is -0.0609. The molecule has 0 aliphatic carbocycles. The van der Waals surface area contributed by atoms with Gasteiger partial charge >= 0.3 is 0 Å². The van der Waals surface area contributed by atoms with Crippen molar-refractivity contribution < 1.29 is 4.79 Å². The predicted octanol–water partition coefficient (Wildman–Crippen LogP) is 4.49. The smallest absolute Gasteiger partial charge is 0.229 e. The number of pyridine rings is 1. The quantitative estimate of drug-likeness (QED) is 0.752. The summed E-state index contributed by atoms with van der Waals surface area (Å²) < 4.78 is 0.900. The van der Waals surface area contributed by atoms with E-state index in [9.17, 15) is 4.79 Å². The fourth-order valence-corrected chi connectivity index (χ4v) is 2.91. The van der Waals surface area contributed by atoms with Crippen LogP contribution in [0.2, 0.25) is 0 Å². The molecule has 2 aromatic carbocycles. The molecule has 0 aliphatic heterocycles. The number of carbonyl (C=O) groups excluding carboxylic acids is 1. The molecule has 0 fully saturated rings. The summed E-state index contributed by atoms with van der Waals surface area (Å²) in [5, 5.41) is 5.14. The number of carbonyl (C=O) groups is 1. The van der Waals surface area contributed by atoms with Crippen molar-refractivity contribution in [2.45, 2.75) is 13.3 Å². The summed E-state index contributed by atoms with van der Waals surface area (Å²) in [7, 11) is 0. The Kier molecular flexibility index (Phi) is 4.20. The van der Waals surface area contributed by atoms with E-state index in [4.69, 9.17) is 0 Å². The Balaban J connectivity index is 1.81. The molecular formula is C18H15BrN2O. The lowest BCUT2D eigenvalue weighted by atomic mass is 10.0. The first-order valence-electron chi connectivity index (χ1n) is 7.02. The van der Waals surface area contributed by atoms with Crippen LogP contribution in [0.3, 0.4) is 0 Å². The number of anilines is 1. The largest absolute Gasteiger partial charge is 0.310 e. The minimum Gasteiger partial charge on any atom is -0.310 e. The maximum Gasteiger partial charge on any atom is 0.229 e. The molecule has 1 aromatic heterocycles. The molecule has 110 valence electrons. The number of hydrogen-bond donors (Lipinski definition) is 1. The highest BCUT2D eigenvalue weighted by Crippen LogP contribution is 2.20. The second kappa shape index (κ2) is 6.28. The van der Waals surface area contributed by atoms with Gasteiger partial charge in [0.25, 0.3) is 0 Å². The summed E-state index contributed by atoms with van der Waals surface area (Å²) in [6, 6.07) is 16.0. The topological polar surface area (TPSA) is 42.0 Å². The number of nitrogens with zero attached hydrogens (tertiary/aromatic N) is 1. The third-order valence-electron chi connectivity index (χ3n) is 3.53. The molecule has 1 amide bonds. The van der Waals surface area contributed by atoms with Crippen LogP contribution in [-0.2, 0) is 11.2 Å². The van der Waals surface area contributed by atoms with E-state index >= 15 is 0 Å². The Morgan fingerprint density at radius 2 is 1.95 bits per heavy atom. The number of fused-ring (bicyclic) bond motifs is 1. The maximum atomic E-state index is 12.3. The van der Waals surface area contributed by atoms with E-state index in [1.807, 2.05) is 43.3 Å². The lowest BCUT2D eigenvalue weighted by Gasteiger charge is -2.09. The van der Waals surface area contributed by atoms with Crippen LogP contribution in [-0.4, -0.2) is 10.9 Å². The van der Waals surface area contributed by atoms with Crippen molar-refractivity contribution in [1.29, 1.82) is 0 Å². The van der Waals surface area contributed by atoms with Gasteiger partial charge in [-0.25, -0.2) is 4.98 Å². The van der Waals surface area contributed by atoms with Gasteiger partial charge in [0, 0.05) is 10.7 Å². The molecule has 1 N–H and O–H groups in total. The number of benzene rings is 2. The SMILES string of the molecule is Cc1cc(Br)cnc1NC(=O)Cc1cccc2ccccc12. The van der Waals surface area contributed by atoms with Crippen molar-refractivity contribution in [3.63, 3.8) is 0 Å². The number of hydrogen-bond acceptors (Lipinski definition) is 2. The molecule has 22 heavy (non-hydrogen) atoms. The van der Waals surface area contributed by atoms with Crippen LogP contribution in [0.5, 0.6) is 0 Å². The zero-order valence-electron chi connectivity index (χ0n) is 12.1. The molecule has 0 spiro atoms. The molecule has 3 aromatic rings. The Hall–Kier alpha value is -2.20. The van der Waals surface area contributed by atoms with Gasteiger partial charge in [-0.3, -0.25) is 4.79 Å². The van der Waals surface area contributed by atoms with Gasteiger partial charge in [-0.2, -0.15) is 0 Å². The fraction of sp³-hybridized carbons (Fsp3) is 0.111. The van der Waals surface area contributed by atoms with Gasteiger partial charge in [0.05, 0.1) is 6.42 Å². The highest BCUT2D eigenvalue weighted by molar-refractivity contribution is 9.10. The molecule has 1 heterocycles. The highest BCUT2D eigenvalue weighted by atomic mass is 79.9. The molecule has 3 rings (SSSR count). The summed E-state index contributed by atoms with van der Waals surface area (Å²) in [6.45, 7) is 1.92. The summed E-state index contributed by atoms with van der Waals surface area (Å²) >= 11 is 3.37. The molecule has 4 heteroatoms. The average Bonchev–Trinajstić information content (AvgIpc) is 2.50. The van der Waals surface area contributed by atoms with E-state index in [1.54, 1.807) is 6.20 Å². The summed E-state index contributed by atoms with van der Waals surface area (Å²) in [5.74, 6) is 0.544. The van der Waals surface area contributed by atoms with Crippen molar-refractivity contribution in [1.82, 2.24) is 4.98 Å². The Labute approximate surface area is 137 Å². The molecule has 0 saturated carbocycles. The van der Waals surface area contributed by atoms with E-state index < -0.39 is 0 Å². The molecule has 0 saturated heterocycles. The first kappa shape index (κ1) is 14.7. The van der Waals surface area contributed by atoms with Crippen molar-refractivity contribution in [3.8, 4) is 0 Å². The highest BCUT2D eigenvalue weighted by Gasteiger charge is 2.09. The van der Waals surface area contributed by atoms with Crippen LogP contribution < -0.4 is 5.32 Å². The number of aromatic nitrogens is 1. The molecule has 0 bridgehead atoms. The van der Waals surface area contributed by atoms with Crippen molar-refractivity contribution in [2.24, 2.45) is 0 Å². The summed E-state index contributed by atoms with van der Waals surface area (Å²) in [4.78, 5) is 16.5. The number of halogens is 1. The van der Waals surface area contributed by atoms with Gasteiger partial charge < -0.3 is 5.32 Å². The lowest BCUT2D eigenvalue weighted by Crippen LogP contribution is -2.16. The van der Waals surface area contributed by atoms with Crippen LogP contribution in [0, 0.1) is 6.92 Å². The molecule has 0 radical (unpaired) electrons. The first-order chi connectivity index (χ1) is 10.6. The normalized spacial score (nSPS) is 10.6. The standard InChI is InChI=1S/C18H15BrN2O/c1-12-9-15(19)11-20-18(12)21-17(22)10-14-7-4-6-13-5-2-3-8-16(13)14/h2-9,11H,10H2,1H3,(H,20,21,22). The number of aryl methyl sites for hydroxylation is 1. The number of rotatable bonds is 3. The minimum absolute atomic E-state index is 0.0609. The first-order valence-corrected chi connectivity index (χ1v) is 7.81. The average molecular weight is 355 g/mol. The van der Waals surface area contributed by atoms with Crippen LogP contribution >= 0.6 is 15.9 Å². The van der Waals surface area contributed by atoms with E-state index in [1.165, 1.54) is 0 Å². The molecule has 0 unspecified atom stereocenters. The summed E-state index contributed by atoms with van der Waals surface area (Å²) in [6.07, 6.45) is 2.01. The van der Waals surface area contributed by atoms with Crippen LogP contribution in [0.1, 0.15) is 11.1 Å². The third kappa shape index (κ3) is 3.17.